The van der Waals surface area contributed by atoms with Crippen molar-refractivity contribution in [3.05, 3.63) is 22.8 Å². The summed E-state index contributed by atoms with van der Waals surface area (Å²) in [5.74, 6) is -0.672. The maximum Gasteiger partial charge on any atom is 0.271 e. The van der Waals surface area contributed by atoms with Crippen molar-refractivity contribution >= 4 is 23.3 Å². The third-order valence-corrected chi connectivity index (χ3v) is 1.80. The summed E-state index contributed by atoms with van der Waals surface area (Å²) >= 11 is 5.64. The minimum atomic E-state index is -2.62. The van der Waals surface area contributed by atoms with Gasteiger partial charge in [-0.1, -0.05) is 11.6 Å². The molecule has 0 unspecified atom stereocenters. The number of carbonyl (C=O) groups excluding carboxylic acids is 1. The second-order valence-corrected chi connectivity index (χ2v) is 3.07. The average molecular weight is 236 g/mol. The summed E-state index contributed by atoms with van der Waals surface area (Å²) in [4.78, 5) is 14.9. The zero-order chi connectivity index (χ0) is 11.4. The summed E-state index contributed by atoms with van der Waals surface area (Å²) < 4.78 is 23.6. The second kappa shape index (κ2) is 4.88. The highest BCUT2D eigenvalue weighted by atomic mass is 35.5. The predicted octanol–water partition coefficient (Wildman–Crippen LogP) is 1.31. The van der Waals surface area contributed by atoms with Gasteiger partial charge in [-0.25, -0.2) is 13.8 Å². The fourth-order valence-electron chi connectivity index (χ4n) is 0.870. The van der Waals surface area contributed by atoms with E-state index in [0.29, 0.717) is 0 Å². The number of aromatic nitrogens is 1. The number of halogens is 3. The van der Waals surface area contributed by atoms with Gasteiger partial charge in [0.25, 0.3) is 12.3 Å². The van der Waals surface area contributed by atoms with Crippen LogP contribution in [0.5, 0.6) is 0 Å². The Morgan fingerprint density at radius 3 is 2.87 bits per heavy atom. The molecule has 1 aromatic heterocycles. The molecule has 82 valence electrons. The molecular weight excluding hydrogens is 228 g/mol. The van der Waals surface area contributed by atoms with Crippen molar-refractivity contribution in [2.24, 2.45) is 0 Å². The molecule has 7 heteroatoms. The normalized spacial score (nSPS) is 10.4. The van der Waals surface area contributed by atoms with E-state index < -0.39 is 18.9 Å². The van der Waals surface area contributed by atoms with E-state index in [9.17, 15) is 13.6 Å². The van der Waals surface area contributed by atoms with Crippen LogP contribution in [0.3, 0.4) is 0 Å². The van der Waals surface area contributed by atoms with E-state index in [-0.39, 0.29) is 16.5 Å². The molecule has 0 atom stereocenters. The number of hydrogen-bond acceptors (Lipinski definition) is 3. The number of nitrogens with one attached hydrogen (secondary N) is 1. The Kier molecular flexibility index (Phi) is 3.79. The molecule has 4 nitrogen and oxygen atoms in total. The number of nitrogen functional groups attached to an aromatic ring is 1. The smallest absolute Gasteiger partial charge is 0.271 e. The number of alkyl halides is 2. The van der Waals surface area contributed by atoms with Gasteiger partial charge in [-0.15, -0.1) is 0 Å². The Bertz CT molecular complexity index is 373. The molecule has 0 saturated heterocycles. The lowest BCUT2D eigenvalue weighted by Crippen LogP contribution is -2.29. The van der Waals surface area contributed by atoms with Crippen molar-refractivity contribution in [2.75, 3.05) is 12.3 Å². The minimum absolute atomic E-state index is 0.0657. The van der Waals surface area contributed by atoms with Crippen molar-refractivity contribution in [3.8, 4) is 0 Å². The van der Waals surface area contributed by atoms with E-state index in [1.807, 2.05) is 5.32 Å². The third kappa shape index (κ3) is 3.32. The molecule has 1 aromatic rings. The van der Waals surface area contributed by atoms with Crippen LogP contribution in [0.25, 0.3) is 0 Å². The topological polar surface area (TPSA) is 68.0 Å². The van der Waals surface area contributed by atoms with Crippen LogP contribution in [-0.4, -0.2) is 23.9 Å². The minimum Gasteiger partial charge on any atom is -0.384 e. The molecule has 1 heterocycles. The van der Waals surface area contributed by atoms with Crippen molar-refractivity contribution < 1.29 is 13.6 Å². The zero-order valence-electron chi connectivity index (χ0n) is 7.51. The number of pyridine rings is 1. The van der Waals surface area contributed by atoms with Gasteiger partial charge in [-0.2, -0.15) is 0 Å². The summed E-state index contributed by atoms with van der Waals surface area (Å²) in [6, 6.07) is 2.79. The lowest BCUT2D eigenvalue weighted by molar-refractivity contribution is 0.0887. The summed E-state index contributed by atoms with van der Waals surface area (Å²) in [6.45, 7) is -0.744. The van der Waals surface area contributed by atoms with E-state index in [1.165, 1.54) is 12.1 Å². The van der Waals surface area contributed by atoms with E-state index in [1.54, 1.807) is 0 Å². The van der Waals surface area contributed by atoms with Crippen LogP contribution in [-0.2, 0) is 0 Å². The maximum absolute atomic E-state index is 11.8. The Morgan fingerprint density at radius 1 is 1.60 bits per heavy atom. The second-order valence-electron chi connectivity index (χ2n) is 2.67. The lowest BCUT2D eigenvalue weighted by atomic mass is 10.3. The molecule has 1 amide bonds. The van der Waals surface area contributed by atoms with Crippen molar-refractivity contribution in [3.63, 3.8) is 0 Å². The summed E-state index contributed by atoms with van der Waals surface area (Å²) in [6.07, 6.45) is -2.62. The first-order chi connectivity index (χ1) is 7.00. The van der Waals surface area contributed by atoms with Crippen molar-refractivity contribution in [1.29, 1.82) is 0 Å². The number of anilines is 1. The number of hydrogen-bond donors (Lipinski definition) is 2. The van der Waals surface area contributed by atoms with Gasteiger partial charge in [0.1, 0.15) is 11.5 Å². The number of nitrogens with zero attached hydrogens (tertiary/aromatic N) is 1. The molecule has 0 aromatic carbocycles. The average Bonchev–Trinajstić information content (AvgIpc) is 2.18. The van der Waals surface area contributed by atoms with E-state index >= 15 is 0 Å². The molecule has 1 rings (SSSR count). The van der Waals surface area contributed by atoms with Gasteiger partial charge in [-0.05, 0) is 12.1 Å². The lowest BCUT2D eigenvalue weighted by Gasteiger charge is -2.05. The fourth-order valence-corrected chi connectivity index (χ4v) is 1.06. The summed E-state index contributed by atoms with van der Waals surface area (Å²) in [5.41, 5.74) is 5.17. The Labute approximate surface area is 89.4 Å². The highest BCUT2D eigenvalue weighted by Crippen LogP contribution is 2.14. The maximum atomic E-state index is 11.8. The van der Waals surface area contributed by atoms with Crippen LogP contribution >= 0.6 is 11.6 Å². The van der Waals surface area contributed by atoms with Crippen LogP contribution in [0.2, 0.25) is 5.02 Å². The first-order valence-electron chi connectivity index (χ1n) is 3.99. The highest BCUT2D eigenvalue weighted by Gasteiger charge is 2.13. The van der Waals surface area contributed by atoms with Gasteiger partial charge in [-0.3, -0.25) is 4.79 Å². The Morgan fingerprint density at radius 2 is 2.27 bits per heavy atom. The number of nitrogens with two attached hydrogens (primary N) is 1. The molecule has 0 fully saturated rings. The van der Waals surface area contributed by atoms with Gasteiger partial charge in [0.2, 0.25) is 0 Å². The van der Waals surface area contributed by atoms with Crippen LogP contribution < -0.4 is 11.1 Å². The molecule has 0 aliphatic carbocycles. The van der Waals surface area contributed by atoms with Gasteiger partial charge in [0.05, 0.1) is 11.6 Å². The molecule has 15 heavy (non-hydrogen) atoms. The summed E-state index contributed by atoms with van der Waals surface area (Å²) in [7, 11) is 0. The van der Waals surface area contributed by atoms with Crippen LogP contribution in [0.15, 0.2) is 12.1 Å². The van der Waals surface area contributed by atoms with Crippen LogP contribution in [0, 0.1) is 0 Å². The first-order valence-corrected chi connectivity index (χ1v) is 4.37. The summed E-state index contributed by atoms with van der Waals surface area (Å²) in [5, 5.41) is 2.04. The molecule has 0 aliphatic rings. The molecule has 0 radical (unpaired) electrons. The Hall–Kier alpha value is -1.43. The van der Waals surface area contributed by atoms with E-state index in [0.717, 1.165) is 0 Å². The van der Waals surface area contributed by atoms with Gasteiger partial charge in [0.15, 0.2) is 0 Å². The highest BCUT2D eigenvalue weighted by molar-refractivity contribution is 6.33. The molecule has 0 aliphatic heterocycles. The molecular formula is C8H8ClF2N3O. The van der Waals surface area contributed by atoms with E-state index in [2.05, 4.69) is 4.98 Å². The van der Waals surface area contributed by atoms with Crippen LogP contribution in [0.1, 0.15) is 10.5 Å². The monoisotopic (exact) mass is 235 g/mol. The van der Waals surface area contributed by atoms with Gasteiger partial charge >= 0.3 is 0 Å². The number of carbonyl (C=O) groups is 1. The number of rotatable bonds is 3. The van der Waals surface area contributed by atoms with Crippen LogP contribution in [0.4, 0.5) is 14.6 Å². The SMILES string of the molecule is Nc1ccc(Cl)c(C(=O)NCC(F)F)n1. The quantitative estimate of drug-likeness (QED) is 0.830. The number of amides is 1. The zero-order valence-corrected chi connectivity index (χ0v) is 8.26. The Balaban J connectivity index is 2.77. The molecule has 0 bridgehead atoms. The van der Waals surface area contributed by atoms with E-state index in [4.69, 9.17) is 17.3 Å². The van der Waals surface area contributed by atoms with Crippen molar-refractivity contribution in [1.82, 2.24) is 10.3 Å². The predicted molar refractivity (Wildman–Crippen MR) is 52.0 cm³/mol. The molecule has 3 N–H and O–H groups in total. The fraction of sp³-hybridized carbons (Fsp3) is 0.250. The standard InChI is InChI=1S/C8H8ClF2N3O/c9-4-1-2-6(12)14-7(4)8(15)13-3-5(10)11/h1-2,5H,3H2,(H2,12,14)(H,13,15). The first kappa shape index (κ1) is 11.6. The molecule has 0 saturated carbocycles. The van der Waals surface area contributed by atoms with Crippen molar-refractivity contribution in [2.45, 2.75) is 6.43 Å². The largest absolute Gasteiger partial charge is 0.384 e. The third-order valence-electron chi connectivity index (χ3n) is 1.50. The molecule has 0 spiro atoms. The van der Waals surface area contributed by atoms with Gasteiger partial charge < -0.3 is 11.1 Å². The van der Waals surface area contributed by atoms with Gasteiger partial charge in [0, 0.05) is 0 Å².